The van der Waals surface area contributed by atoms with Crippen LogP contribution in [0.4, 0.5) is 0 Å². The summed E-state index contributed by atoms with van der Waals surface area (Å²) in [5.74, 6) is 0.560. The average molecular weight is 289 g/mol. The highest BCUT2D eigenvalue weighted by Crippen LogP contribution is 2.29. The minimum absolute atomic E-state index is 0.218. The number of aromatic nitrogens is 3. The molecule has 7 heteroatoms. The summed E-state index contributed by atoms with van der Waals surface area (Å²) in [7, 11) is 0. The molecule has 0 spiro atoms. The van der Waals surface area contributed by atoms with E-state index >= 15 is 0 Å². The molecule has 0 fully saturated rings. The number of nitrogens with one attached hydrogen (secondary N) is 1. The van der Waals surface area contributed by atoms with Gasteiger partial charge in [0, 0.05) is 0 Å². The first-order valence-corrected chi connectivity index (χ1v) is 5.73. The molecular formula is C10H4Cl3N3O. The third-order valence-corrected chi connectivity index (χ3v) is 3.22. The molecular weight excluding hydrogens is 284 g/mol. The van der Waals surface area contributed by atoms with Crippen LogP contribution < -0.4 is 0 Å². The molecule has 0 aliphatic rings. The SMILES string of the molecule is Clc1cc2[nH]c(-c3ccoc3Cl)nc2nc1Cl. The summed E-state index contributed by atoms with van der Waals surface area (Å²) in [6.45, 7) is 0. The predicted octanol–water partition coefficient (Wildman–Crippen LogP) is 4.18. The Morgan fingerprint density at radius 3 is 2.71 bits per heavy atom. The standard InChI is InChI=1S/C10H4Cl3N3O/c11-5-3-6-10(15-7(5)12)16-9(14-6)4-1-2-17-8(4)13/h1-3H,(H,14,15,16). The highest BCUT2D eigenvalue weighted by atomic mass is 35.5. The van der Waals surface area contributed by atoms with E-state index in [4.69, 9.17) is 39.2 Å². The summed E-state index contributed by atoms with van der Waals surface area (Å²) in [4.78, 5) is 11.4. The van der Waals surface area contributed by atoms with Crippen LogP contribution in [-0.4, -0.2) is 15.0 Å². The zero-order valence-corrected chi connectivity index (χ0v) is 10.4. The second kappa shape index (κ2) is 3.91. The summed E-state index contributed by atoms with van der Waals surface area (Å²) in [6.07, 6.45) is 1.48. The van der Waals surface area contributed by atoms with E-state index in [1.807, 2.05) is 0 Å². The Morgan fingerprint density at radius 1 is 1.18 bits per heavy atom. The zero-order chi connectivity index (χ0) is 12.0. The van der Waals surface area contributed by atoms with Gasteiger partial charge in [0.15, 0.2) is 5.65 Å². The minimum Gasteiger partial charge on any atom is -0.452 e. The second-order valence-electron chi connectivity index (χ2n) is 3.33. The van der Waals surface area contributed by atoms with Gasteiger partial charge < -0.3 is 9.40 Å². The molecule has 0 saturated carbocycles. The van der Waals surface area contributed by atoms with Crippen LogP contribution in [0.25, 0.3) is 22.6 Å². The second-order valence-corrected chi connectivity index (χ2v) is 4.43. The van der Waals surface area contributed by atoms with Crippen molar-refractivity contribution in [2.45, 2.75) is 0 Å². The molecule has 4 nitrogen and oxygen atoms in total. The number of furan rings is 1. The van der Waals surface area contributed by atoms with Gasteiger partial charge in [0.05, 0.1) is 22.4 Å². The molecule has 0 aromatic carbocycles. The normalized spacial score (nSPS) is 11.2. The number of imidazole rings is 1. The van der Waals surface area contributed by atoms with Crippen molar-refractivity contribution in [1.29, 1.82) is 0 Å². The van der Waals surface area contributed by atoms with E-state index in [-0.39, 0.29) is 10.4 Å². The first kappa shape index (κ1) is 10.9. The van der Waals surface area contributed by atoms with Gasteiger partial charge in [-0.25, -0.2) is 9.97 Å². The molecule has 0 saturated heterocycles. The average Bonchev–Trinajstić information content (AvgIpc) is 2.85. The molecule has 0 unspecified atom stereocenters. The Labute approximate surface area is 111 Å². The molecule has 0 aliphatic carbocycles. The Morgan fingerprint density at radius 2 is 2.00 bits per heavy atom. The summed E-state index contributed by atoms with van der Waals surface area (Å²) in [6, 6.07) is 3.37. The van der Waals surface area contributed by atoms with Crippen molar-refractivity contribution in [3.8, 4) is 11.4 Å². The van der Waals surface area contributed by atoms with Crippen molar-refractivity contribution in [2.75, 3.05) is 0 Å². The van der Waals surface area contributed by atoms with Crippen LogP contribution in [0.1, 0.15) is 0 Å². The number of fused-ring (bicyclic) bond motifs is 1. The molecule has 0 bridgehead atoms. The van der Waals surface area contributed by atoms with Gasteiger partial charge in [-0.05, 0) is 23.7 Å². The predicted molar refractivity (Wildman–Crippen MR) is 66.6 cm³/mol. The molecule has 0 atom stereocenters. The summed E-state index contributed by atoms with van der Waals surface area (Å²) in [5, 5.41) is 0.851. The summed E-state index contributed by atoms with van der Waals surface area (Å²) in [5.41, 5.74) is 1.83. The van der Waals surface area contributed by atoms with Gasteiger partial charge in [0.1, 0.15) is 11.0 Å². The Hall–Kier alpha value is -1.23. The highest BCUT2D eigenvalue weighted by Gasteiger charge is 2.13. The Balaban J connectivity index is 2.24. The smallest absolute Gasteiger partial charge is 0.203 e. The first-order valence-electron chi connectivity index (χ1n) is 4.60. The monoisotopic (exact) mass is 287 g/mol. The number of hydrogen-bond donors (Lipinski definition) is 1. The van der Waals surface area contributed by atoms with Crippen LogP contribution in [0.15, 0.2) is 22.8 Å². The zero-order valence-electron chi connectivity index (χ0n) is 8.17. The fraction of sp³-hybridized carbons (Fsp3) is 0. The number of pyridine rings is 1. The van der Waals surface area contributed by atoms with Crippen LogP contribution in [0.5, 0.6) is 0 Å². The molecule has 17 heavy (non-hydrogen) atoms. The van der Waals surface area contributed by atoms with Crippen LogP contribution in [0.2, 0.25) is 15.4 Å². The van der Waals surface area contributed by atoms with E-state index in [2.05, 4.69) is 15.0 Å². The lowest BCUT2D eigenvalue weighted by atomic mass is 10.3. The quantitative estimate of drug-likeness (QED) is 0.683. The molecule has 0 amide bonds. The Kier molecular flexibility index (Phi) is 2.50. The van der Waals surface area contributed by atoms with Crippen LogP contribution >= 0.6 is 34.8 Å². The van der Waals surface area contributed by atoms with E-state index in [0.717, 1.165) is 0 Å². The van der Waals surface area contributed by atoms with Gasteiger partial charge in [0.2, 0.25) is 5.22 Å². The molecule has 1 N–H and O–H groups in total. The fourth-order valence-corrected chi connectivity index (χ4v) is 1.98. The van der Waals surface area contributed by atoms with Gasteiger partial charge >= 0.3 is 0 Å². The molecule has 86 valence electrons. The molecule has 0 aliphatic heterocycles. The summed E-state index contributed by atoms with van der Waals surface area (Å²) >= 11 is 17.5. The molecule has 3 aromatic rings. The molecule has 0 radical (unpaired) electrons. The fourth-order valence-electron chi connectivity index (χ4n) is 1.49. The number of hydrogen-bond acceptors (Lipinski definition) is 3. The van der Waals surface area contributed by atoms with E-state index in [1.165, 1.54) is 6.26 Å². The van der Waals surface area contributed by atoms with Crippen molar-refractivity contribution in [1.82, 2.24) is 15.0 Å². The Bertz CT molecular complexity index is 665. The maximum absolute atomic E-state index is 5.87. The van der Waals surface area contributed by atoms with Crippen LogP contribution in [-0.2, 0) is 0 Å². The van der Waals surface area contributed by atoms with Crippen molar-refractivity contribution in [3.63, 3.8) is 0 Å². The lowest BCUT2D eigenvalue weighted by molar-refractivity contribution is 0.570. The number of H-pyrrole nitrogens is 1. The minimum atomic E-state index is 0.218. The highest BCUT2D eigenvalue weighted by molar-refractivity contribution is 6.41. The van der Waals surface area contributed by atoms with Gasteiger partial charge in [0.25, 0.3) is 0 Å². The maximum atomic E-state index is 5.87. The third kappa shape index (κ3) is 1.78. The maximum Gasteiger partial charge on any atom is 0.203 e. The molecule has 3 aromatic heterocycles. The summed E-state index contributed by atoms with van der Waals surface area (Å²) < 4.78 is 5.00. The van der Waals surface area contributed by atoms with Crippen molar-refractivity contribution < 1.29 is 4.42 Å². The first-order chi connectivity index (χ1) is 8.15. The van der Waals surface area contributed by atoms with Gasteiger partial charge in [-0.3, -0.25) is 0 Å². The number of nitrogens with zero attached hydrogens (tertiary/aromatic N) is 2. The number of halogens is 3. The van der Waals surface area contributed by atoms with E-state index in [0.29, 0.717) is 27.6 Å². The largest absolute Gasteiger partial charge is 0.452 e. The van der Waals surface area contributed by atoms with Crippen LogP contribution in [0, 0.1) is 0 Å². The lowest BCUT2D eigenvalue weighted by Crippen LogP contribution is -1.79. The van der Waals surface area contributed by atoms with Crippen molar-refractivity contribution in [2.24, 2.45) is 0 Å². The molecule has 3 heterocycles. The van der Waals surface area contributed by atoms with Gasteiger partial charge in [-0.2, -0.15) is 0 Å². The van der Waals surface area contributed by atoms with Crippen molar-refractivity contribution in [3.05, 3.63) is 33.8 Å². The number of rotatable bonds is 1. The van der Waals surface area contributed by atoms with Crippen LogP contribution in [0.3, 0.4) is 0 Å². The van der Waals surface area contributed by atoms with E-state index in [1.54, 1.807) is 12.1 Å². The van der Waals surface area contributed by atoms with Gasteiger partial charge in [-0.15, -0.1) is 0 Å². The van der Waals surface area contributed by atoms with Gasteiger partial charge in [-0.1, -0.05) is 23.2 Å². The molecule has 3 rings (SSSR count). The van der Waals surface area contributed by atoms with Crippen molar-refractivity contribution >= 4 is 46.0 Å². The van der Waals surface area contributed by atoms with E-state index in [9.17, 15) is 0 Å². The topological polar surface area (TPSA) is 54.7 Å². The third-order valence-electron chi connectivity index (χ3n) is 2.26. The van der Waals surface area contributed by atoms with E-state index < -0.39 is 0 Å². The lowest BCUT2D eigenvalue weighted by Gasteiger charge is -1.92. The number of aromatic amines is 1.